The van der Waals surface area contributed by atoms with Crippen molar-refractivity contribution in [1.29, 1.82) is 0 Å². The van der Waals surface area contributed by atoms with Crippen molar-refractivity contribution in [2.75, 3.05) is 0 Å². The van der Waals surface area contributed by atoms with Crippen molar-refractivity contribution in [3.8, 4) is 0 Å². The molecule has 0 spiro atoms. The third-order valence-electron chi connectivity index (χ3n) is 5.01. The highest BCUT2D eigenvalue weighted by Crippen LogP contribution is 2.43. The summed E-state index contributed by atoms with van der Waals surface area (Å²) in [7, 11) is 0. The molecule has 0 bridgehead atoms. The smallest absolute Gasteiger partial charge is 0.337 e. The molecule has 26 heavy (non-hydrogen) atoms. The lowest BCUT2D eigenvalue weighted by molar-refractivity contribution is -0.384. The van der Waals surface area contributed by atoms with E-state index in [1.807, 2.05) is 0 Å². The number of Topliss-reactive ketones (excluding diaryl/α,β-unsaturated/α-hetero) is 1. The fraction of sp³-hybridized carbons (Fsp3) is 0.471. The number of carbonyl (C=O) groups is 3. The average Bonchev–Trinajstić information content (AvgIpc) is 2.81. The molecule has 1 unspecified atom stereocenters. The van der Waals surface area contributed by atoms with E-state index in [-0.39, 0.29) is 12.3 Å². The van der Waals surface area contributed by atoms with E-state index in [0.717, 1.165) is 0 Å². The van der Waals surface area contributed by atoms with Gasteiger partial charge in [0, 0.05) is 18.1 Å². The zero-order valence-corrected chi connectivity index (χ0v) is 14.2. The van der Waals surface area contributed by atoms with Gasteiger partial charge in [0.05, 0.1) is 23.0 Å². The summed E-state index contributed by atoms with van der Waals surface area (Å²) >= 11 is 0. The van der Waals surface area contributed by atoms with Crippen LogP contribution in [0, 0.1) is 22.0 Å². The van der Waals surface area contributed by atoms with Crippen molar-refractivity contribution >= 4 is 23.3 Å². The summed E-state index contributed by atoms with van der Waals surface area (Å²) in [6, 6.07) is 3.68. The van der Waals surface area contributed by atoms with Crippen molar-refractivity contribution in [2.24, 2.45) is 11.8 Å². The Balaban J connectivity index is 1.67. The molecule has 9 nitrogen and oxygen atoms in total. The molecule has 2 aliphatic heterocycles. The Labute approximate surface area is 148 Å². The summed E-state index contributed by atoms with van der Waals surface area (Å²) in [6.07, 6.45) is -0.895. The van der Waals surface area contributed by atoms with Crippen LogP contribution in [-0.2, 0) is 25.7 Å². The molecule has 2 aliphatic rings. The number of carbonyl (C=O) groups excluding carboxylic acids is 3. The number of non-ortho nitro benzene ring substituents is 1. The largest absolute Gasteiger partial charge is 0.459 e. The highest BCUT2D eigenvalue weighted by molar-refractivity contribution is 6.12. The first-order valence-corrected chi connectivity index (χ1v) is 8.18. The fourth-order valence-corrected chi connectivity index (χ4v) is 3.63. The molecule has 138 valence electrons. The molecular formula is C17H18N2O7. The molecule has 0 aromatic heterocycles. The zero-order chi connectivity index (χ0) is 19.2. The van der Waals surface area contributed by atoms with E-state index in [0.29, 0.717) is 5.56 Å². The number of esters is 1. The Kier molecular flexibility index (Phi) is 4.49. The highest BCUT2D eigenvalue weighted by atomic mass is 16.6. The van der Waals surface area contributed by atoms with E-state index >= 15 is 0 Å². The van der Waals surface area contributed by atoms with E-state index in [2.05, 4.69) is 0 Å². The minimum absolute atomic E-state index is 0.0851. The molecule has 1 amide bonds. The monoisotopic (exact) mass is 362 g/mol. The van der Waals surface area contributed by atoms with Crippen LogP contribution in [0.2, 0.25) is 0 Å². The third-order valence-corrected chi connectivity index (χ3v) is 5.01. The standard InChI is InChI=1S/C17H18N2O7/c1-8-13-12(9(2)20)16(22)18(13)14(15(8)21)17(23)26-7-10-3-5-11(6-4-10)19(24)25/h3-6,8-9,12-14,20H,7H2,1-2H3/t8-,9?,12-,13-,14-/m1/s1. The Morgan fingerprint density at radius 3 is 2.50 bits per heavy atom. The molecule has 1 aromatic rings. The Bertz CT molecular complexity index is 774. The van der Waals surface area contributed by atoms with Gasteiger partial charge in [-0.25, -0.2) is 4.79 Å². The lowest BCUT2D eigenvalue weighted by atomic mass is 9.79. The van der Waals surface area contributed by atoms with E-state index in [4.69, 9.17) is 4.74 Å². The van der Waals surface area contributed by atoms with Crippen molar-refractivity contribution in [3.05, 3.63) is 39.9 Å². The third kappa shape index (κ3) is 2.74. The minimum atomic E-state index is -1.30. The van der Waals surface area contributed by atoms with Gasteiger partial charge < -0.3 is 14.7 Å². The van der Waals surface area contributed by atoms with E-state index < -0.39 is 52.6 Å². The average molecular weight is 362 g/mol. The molecule has 2 heterocycles. The van der Waals surface area contributed by atoms with Gasteiger partial charge in [-0.15, -0.1) is 0 Å². The number of fused-ring (bicyclic) bond motifs is 1. The number of hydrogen-bond donors (Lipinski definition) is 1. The van der Waals surface area contributed by atoms with Gasteiger partial charge >= 0.3 is 5.97 Å². The van der Waals surface area contributed by atoms with Crippen LogP contribution in [0.3, 0.4) is 0 Å². The predicted octanol–water partition coefficient (Wildman–Crippen LogP) is 0.433. The lowest BCUT2D eigenvalue weighted by Crippen LogP contribution is -2.65. The van der Waals surface area contributed by atoms with Gasteiger partial charge in [0.1, 0.15) is 6.61 Å². The number of nitro benzene ring substituents is 1. The molecule has 2 fully saturated rings. The van der Waals surface area contributed by atoms with Crippen LogP contribution < -0.4 is 0 Å². The van der Waals surface area contributed by atoms with Crippen molar-refractivity contribution in [1.82, 2.24) is 4.90 Å². The second kappa shape index (κ2) is 6.49. The first-order chi connectivity index (χ1) is 12.2. The maximum absolute atomic E-state index is 12.4. The van der Waals surface area contributed by atoms with Gasteiger partial charge in [0.25, 0.3) is 5.69 Å². The molecule has 0 aliphatic carbocycles. The van der Waals surface area contributed by atoms with E-state index in [9.17, 15) is 29.6 Å². The number of amides is 1. The molecule has 3 rings (SSSR count). The molecule has 5 atom stereocenters. The molecule has 9 heteroatoms. The van der Waals surface area contributed by atoms with Crippen molar-refractivity contribution < 1.29 is 29.2 Å². The maximum Gasteiger partial charge on any atom is 0.337 e. The number of benzene rings is 1. The second-order valence-electron chi connectivity index (χ2n) is 6.63. The number of aliphatic hydroxyl groups is 1. The van der Waals surface area contributed by atoms with Crippen LogP contribution >= 0.6 is 0 Å². The van der Waals surface area contributed by atoms with Gasteiger partial charge in [-0.2, -0.15) is 0 Å². The minimum Gasteiger partial charge on any atom is -0.459 e. The molecule has 1 aromatic carbocycles. The Hall–Kier alpha value is -2.81. The van der Waals surface area contributed by atoms with Crippen LogP contribution in [0.25, 0.3) is 0 Å². The number of nitro groups is 1. The van der Waals surface area contributed by atoms with Crippen LogP contribution in [0.1, 0.15) is 19.4 Å². The summed E-state index contributed by atoms with van der Waals surface area (Å²) in [5.74, 6) is -2.90. The van der Waals surface area contributed by atoms with Crippen LogP contribution in [-0.4, -0.2) is 50.8 Å². The summed E-state index contributed by atoms with van der Waals surface area (Å²) < 4.78 is 5.14. The Morgan fingerprint density at radius 1 is 1.35 bits per heavy atom. The van der Waals surface area contributed by atoms with Crippen LogP contribution in [0.4, 0.5) is 5.69 Å². The molecule has 0 radical (unpaired) electrons. The Morgan fingerprint density at radius 2 is 1.96 bits per heavy atom. The number of nitrogens with zero attached hydrogens (tertiary/aromatic N) is 2. The number of ketones is 1. The molecule has 2 saturated heterocycles. The van der Waals surface area contributed by atoms with Gasteiger partial charge in [-0.05, 0) is 24.6 Å². The summed E-state index contributed by atoms with van der Waals surface area (Å²) in [4.78, 5) is 48.2. The SMILES string of the molecule is CC(O)[C@H]1C(=O)N2[C@@H](C(=O)OCc3ccc([N+](=O)[O-])cc3)C(=O)[C@H](C)[C@H]12. The first kappa shape index (κ1) is 18.0. The lowest BCUT2D eigenvalue weighted by Gasteiger charge is -2.46. The van der Waals surface area contributed by atoms with Crippen LogP contribution in [0.15, 0.2) is 24.3 Å². The zero-order valence-electron chi connectivity index (χ0n) is 14.2. The number of rotatable bonds is 5. The normalized spacial score (nSPS) is 28.3. The van der Waals surface area contributed by atoms with E-state index in [1.165, 1.54) is 36.1 Å². The first-order valence-electron chi connectivity index (χ1n) is 8.18. The van der Waals surface area contributed by atoms with Crippen molar-refractivity contribution in [2.45, 2.75) is 38.6 Å². The highest BCUT2D eigenvalue weighted by Gasteiger charge is 2.64. The maximum atomic E-state index is 12.4. The number of β-lactam (4-membered cyclic amide) rings is 1. The van der Waals surface area contributed by atoms with Gasteiger partial charge in [0.2, 0.25) is 5.91 Å². The topological polar surface area (TPSA) is 127 Å². The molecule has 1 N–H and O–H groups in total. The van der Waals surface area contributed by atoms with Crippen molar-refractivity contribution in [3.63, 3.8) is 0 Å². The number of aliphatic hydroxyl groups excluding tert-OH is 1. The van der Waals surface area contributed by atoms with Crippen LogP contribution in [0.5, 0.6) is 0 Å². The van der Waals surface area contributed by atoms with Gasteiger partial charge in [-0.1, -0.05) is 6.92 Å². The van der Waals surface area contributed by atoms with E-state index in [1.54, 1.807) is 6.92 Å². The fourth-order valence-electron chi connectivity index (χ4n) is 3.63. The summed E-state index contributed by atoms with van der Waals surface area (Å²) in [5.41, 5.74) is 0.439. The summed E-state index contributed by atoms with van der Waals surface area (Å²) in [6.45, 7) is 2.95. The molecule has 0 saturated carbocycles. The number of hydrogen-bond acceptors (Lipinski definition) is 7. The molecular weight excluding hydrogens is 344 g/mol. The summed E-state index contributed by atoms with van der Waals surface area (Å²) in [5, 5.41) is 20.3. The van der Waals surface area contributed by atoms with Gasteiger partial charge in [-0.3, -0.25) is 19.7 Å². The number of ether oxygens (including phenoxy) is 1. The second-order valence-corrected chi connectivity index (χ2v) is 6.63. The quantitative estimate of drug-likeness (QED) is 0.265. The predicted molar refractivity (Wildman–Crippen MR) is 86.7 cm³/mol. The van der Waals surface area contributed by atoms with Gasteiger partial charge in [0.15, 0.2) is 11.8 Å².